The molecule has 0 amide bonds. The third kappa shape index (κ3) is 43.1. The first-order chi connectivity index (χ1) is 8.99. The second-order valence-electron chi connectivity index (χ2n) is 3.95. The monoisotopic (exact) mass is 323 g/mol. The summed E-state index contributed by atoms with van der Waals surface area (Å²) in [5, 5.41) is 28.8. The predicted octanol–water partition coefficient (Wildman–Crippen LogP) is -0.213. The van der Waals surface area contributed by atoms with E-state index in [0.29, 0.717) is 12.8 Å². The number of hydrogen-bond donors (Lipinski definition) is 0. The largest absolute Gasteiger partial charge is 3.00 e. The van der Waals surface area contributed by atoms with Crippen LogP contribution in [0.4, 0.5) is 0 Å². The van der Waals surface area contributed by atoms with Crippen LogP contribution < -0.4 is 15.3 Å². The maximum atomic E-state index is 10.4. The molecule has 0 saturated heterocycles. The van der Waals surface area contributed by atoms with Crippen LogP contribution in [0.1, 0.15) is 65.7 Å². The van der Waals surface area contributed by atoms with Gasteiger partial charge < -0.3 is 20.1 Å². The second kappa shape index (κ2) is 27.2. The Morgan fingerprint density at radius 3 is 1.40 bits per heavy atom. The van der Waals surface area contributed by atoms with Crippen molar-refractivity contribution in [3.8, 4) is 0 Å². The van der Waals surface area contributed by atoms with E-state index < -0.39 is 12.4 Å². The summed E-state index contributed by atoms with van der Waals surface area (Å²) in [5.74, 6) is -1.54. The van der Waals surface area contributed by atoms with Gasteiger partial charge in [-0.2, -0.15) is 0 Å². The number of carbonyl (C=O) groups excluding carboxylic acids is 2. The Balaban J connectivity index is -0.000000101. The molecule has 0 atom stereocenters. The zero-order valence-corrected chi connectivity index (χ0v) is 14.5. The van der Waals surface area contributed by atoms with Gasteiger partial charge in [0.15, 0.2) is 0 Å². The number of aliphatic carboxylic acids is 1. The summed E-state index contributed by atoms with van der Waals surface area (Å²) in [6, 6.07) is 0. The fourth-order valence-electron chi connectivity index (χ4n) is 0.817. The normalized spacial score (nSPS) is 8.25. The standard InChI is InChI=1S/C6H10O3.2C4H9O.Ti/c1-2-3-5(7)4-6(8)9;2*1-2-3-4-5;/h2-4H2,1H3,(H,8,9);2*2-4H2,1H3;/q;2*-1;+3/p-1. The summed E-state index contributed by atoms with van der Waals surface area (Å²) in [4.78, 5) is 20.2. The van der Waals surface area contributed by atoms with Crippen molar-refractivity contribution in [1.82, 2.24) is 0 Å². The van der Waals surface area contributed by atoms with Crippen LogP contribution in [0, 0.1) is 0 Å². The summed E-state index contributed by atoms with van der Waals surface area (Å²) in [5.41, 5.74) is 0. The molecule has 6 heteroatoms. The summed E-state index contributed by atoms with van der Waals surface area (Å²) >= 11 is 0. The van der Waals surface area contributed by atoms with Crippen LogP contribution in [-0.4, -0.2) is 25.0 Å². The van der Waals surface area contributed by atoms with Gasteiger partial charge in [-0.1, -0.05) is 46.5 Å². The molecule has 0 spiro atoms. The zero-order chi connectivity index (χ0) is 15.5. The van der Waals surface area contributed by atoms with Gasteiger partial charge in [-0.3, -0.25) is 4.79 Å². The minimum atomic E-state index is -1.28. The number of Topliss-reactive ketones (excluding diaryl/α,β-unsaturated/α-hetero) is 1. The first-order valence-electron chi connectivity index (χ1n) is 6.87. The van der Waals surface area contributed by atoms with Gasteiger partial charge in [-0.25, -0.2) is 0 Å². The Morgan fingerprint density at radius 1 is 0.850 bits per heavy atom. The molecular weight excluding hydrogens is 296 g/mol. The van der Waals surface area contributed by atoms with Crippen molar-refractivity contribution in [3.05, 3.63) is 0 Å². The Morgan fingerprint density at radius 2 is 1.25 bits per heavy atom. The SMILES string of the molecule is CCCC(=O)CC(=O)[O-].CCCC[O-].CCCC[O-].[Ti+3]. The molecule has 20 heavy (non-hydrogen) atoms. The summed E-state index contributed by atoms with van der Waals surface area (Å²) in [7, 11) is 0. The number of carboxylic acid groups (broad SMARTS) is 1. The summed E-state index contributed by atoms with van der Waals surface area (Å²) in [6.07, 6.45) is 4.33. The van der Waals surface area contributed by atoms with Crippen LogP contribution in [0.5, 0.6) is 0 Å². The van der Waals surface area contributed by atoms with Crippen LogP contribution >= 0.6 is 0 Å². The number of hydrogen-bond acceptors (Lipinski definition) is 5. The molecule has 0 aromatic rings. The van der Waals surface area contributed by atoms with Gasteiger partial charge in [0, 0.05) is 18.8 Å². The van der Waals surface area contributed by atoms with E-state index in [9.17, 15) is 24.9 Å². The third-order valence-corrected chi connectivity index (χ3v) is 1.87. The van der Waals surface area contributed by atoms with E-state index in [0.717, 1.165) is 25.7 Å². The fourth-order valence-corrected chi connectivity index (χ4v) is 0.817. The van der Waals surface area contributed by atoms with E-state index in [1.165, 1.54) is 0 Å². The van der Waals surface area contributed by atoms with Crippen molar-refractivity contribution in [1.29, 1.82) is 0 Å². The van der Waals surface area contributed by atoms with Crippen molar-refractivity contribution >= 4 is 11.8 Å². The molecule has 0 rings (SSSR count). The number of rotatable bonds is 8. The average Bonchev–Trinajstić information content (AvgIpc) is 2.32. The third-order valence-electron chi connectivity index (χ3n) is 1.87. The Hall–Kier alpha value is -0.226. The Labute approximate surface area is 137 Å². The number of unbranched alkanes of at least 4 members (excludes halogenated alkanes) is 2. The summed E-state index contributed by atoms with van der Waals surface area (Å²) in [6.45, 7) is 6.04. The van der Waals surface area contributed by atoms with Crippen molar-refractivity contribution in [2.75, 3.05) is 13.2 Å². The molecule has 0 saturated carbocycles. The Bertz CT molecular complexity index is 188. The molecule has 117 valence electrons. The van der Waals surface area contributed by atoms with Crippen LogP contribution in [0.15, 0.2) is 0 Å². The number of carboxylic acids is 1. The van der Waals surface area contributed by atoms with Gasteiger partial charge in [0.05, 0.1) is 0 Å². The van der Waals surface area contributed by atoms with Gasteiger partial charge >= 0.3 is 21.7 Å². The van der Waals surface area contributed by atoms with E-state index in [-0.39, 0.29) is 40.7 Å². The van der Waals surface area contributed by atoms with Crippen molar-refractivity contribution in [2.24, 2.45) is 0 Å². The fraction of sp³-hybridized carbons (Fsp3) is 0.857. The van der Waals surface area contributed by atoms with Crippen LogP contribution in [0.2, 0.25) is 0 Å². The summed E-state index contributed by atoms with van der Waals surface area (Å²) < 4.78 is 0. The van der Waals surface area contributed by atoms with Crippen molar-refractivity contribution < 1.29 is 46.6 Å². The van der Waals surface area contributed by atoms with Crippen molar-refractivity contribution in [2.45, 2.75) is 65.7 Å². The molecule has 0 heterocycles. The van der Waals surface area contributed by atoms with Gasteiger partial charge in [-0.15, -0.1) is 13.2 Å². The molecule has 0 aliphatic rings. The quantitative estimate of drug-likeness (QED) is 0.454. The molecule has 0 bridgehead atoms. The molecule has 0 aromatic heterocycles. The minimum Gasteiger partial charge on any atom is -0.854 e. The zero-order valence-electron chi connectivity index (χ0n) is 12.9. The molecule has 5 nitrogen and oxygen atoms in total. The average molecular weight is 323 g/mol. The van der Waals surface area contributed by atoms with E-state index in [4.69, 9.17) is 0 Å². The number of ketones is 1. The maximum Gasteiger partial charge on any atom is 3.00 e. The number of carbonyl (C=O) groups is 2. The van der Waals surface area contributed by atoms with Gasteiger partial charge in [0.1, 0.15) is 5.78 Å². The first kappa shape index (κ1) is 28.0. The molecular formula is C14H27O5Ti. The molecule has 1 radical (unpaired) electrons. The van der Waals surface area contributed by atoms with E-state index in [1.807, 2.05) is 20.8 Å². The van der Waals surface area contributed by atoms with Gasteiger partial charge in [0.2, 0.25) is 0 Å². The molecule has 0 aliphatic heterocycles. The van der Waals surface area contributed by atoms with E-state index in [1.54, 1.807) is 0 Å². The van der Waals surface area contributed by atoms with Crippen LogP contribution in [-0.2, 0) is 31.3 Å². The van der Waals surface area contributed by atoms with E-state index in [2.05, 4.69) is 0 Å². The maximum absolute atomic E-state index is 10.4. The van der Waals surface area contributed by atoms with Crippen LogP contribution in [0.3, 0.4) is 0 Å². The molecule has 0 aromatic carbocycles. The smallest absolute Gasteiger partial charge is 0.854 e. The van der Waals surface area contributed by atoms with E-state index >= 15 is 0 Å². The predicted molar refractivity (Wildman–Crippen MR) is 69.1 cm³/mol. The topological polar surface area (TPSA) is 103 Å². The van der Waals surface area contributed by atoms with Crippen LogP contribution in [0.25, 0.3) is 0 Å². The Kier molecular flexibility index (Phi) is 38.1. The molecule has 0 fully saturated rings. The van der Waals surface area contributed by atoms with Gasteiger partial charge in [-0.05, 0) is 6.42 Å². The minimum absolute atomic E-state index is 0. The first-order valence-corrected chi connectivity index (χ1v) is 6.87. The molecule has 0 unspecified atom stereocenters. The van der Waals surface area contributed by atoms with Gasteiger partial charge in [0.25, 0.3) is 0 Å². The van der Waals surface area contributed by atoms with Crippen molar-refractivity contribution in [3.63, 3.8) is 0 Å². The molecule has 0 aliphatic carbocycles. The second-order valence-corrected chi connectivity index (χ2v) is 3.95. The molecule has 0 N–H and O–H groups in total.